The summed E-state index contributed by atoms with van der Waals surface area (Å²) in [5, 5.41) is 9.12. The van der Waals surface area contributed by atoms with Gasteiger partial charge in [-0.15, -0.1) is 0 Å². The molecule has 0 spiro atoms. The van der Waals surface area contributed by atoms with Gasteiger partial charge in [-0.2, -0.15) is 8.78 Å². The number of ether oxygens (including phenoxy) is 1. The Labute approximate surface area is 72.9 Å². The molecule has 0 atom stereocenters. The Morgan fingerprint density at radius 2 is 2.15 bits per heavy atom. The van der Waals surface area contributed by atoms with Crippen molar-refractivity contribution in [3.63, 3.8) is 0 Å². The van der Waals surface area contributed by atoms with Gasteiger partial charge in [-0.3, -0.25) is 5.84 Å². The van der Waals surface area contributed by atoms with Crippen LogP contribution in [0.5, 0.6) is 11.5 Å². The van der Waals surface area contributed by atoms with Crippen molar-refractivity contribution in [3.8, 4) is 11.5 Å². The average molecular weight is 190 g/mol. The topological polar surface area (TPSA) is 67.5 Å². The maximum Gasteiger partial charge on any atom is 0.387 e. The number of aromatic hydroxyl groups is 1. The van der Waals surface area contributed by atoms with Crippen LogP contribution in [-0.4, -0.2) is 11.7 Å². The Kier molecular flexibility index (Phi) is 2.86. The number of nitrogen functional groups attached to an aromatic ring is 1. The number of alkyl halides is 2. The fraction of sp³-hybridized carbons (Fsp3) is 0.143. The Bertz CT molecular complexity index is 294. The molecular weight excluding hydrogens is 182 g/mol. The molecule has 4 nitrogen and oxygen atoms in total. The van der Waals surface area contributed by atoms with Gasteiger partial charge in [0.25, 0.3) is 0 Å². The van der Waals surface area contributed by atoms with Gasteiger partial charge < -0.3 is 15.3 Å². The summed E-state index contributed by atoms with van der Waals surface area (Å²) >= 11 is 0. The molecule has 72 valence electrons. The van der Waals surface area contributed by atoms with Crippen molar-refractivity contribution in [2.24, 2.45) is 5.84 Å². The highest BCUT2D eigenvalue weighted by Crippen LogP contribution is 2.29. The smallest absolute Gasteiger partial charge is 0.387 e. The second-order valence-electron chi connectivity index (χ2n) is 2.21. The summed E-state index contributed by atoms with van der Waals surface area (Å²) < 4.78 is 27.4. The molecule has 0 unspecified atom stereocenters. The van der Waals surface area contributed by atoms with Gasteiger partial charge in [0.15, 0.2) is 11.5 Å². The molecule has 0 fully saturated rings. The van der Waals surface area contributed by atoms with Crippen molar-refractivity contribution >= 4 is 5.69 Å². The summed E-state index contributed by atoms with van der Waals surface area (Å²) in [6.07, 6.45) is 0. The molecule has 0 aliphatic carbocycles. The first-order valence-electron chi connectivity index (χ1n) is 3.38. The molecule has 0 aliphatic rings. The van der Waals surface area contributed by atoms with E-state index in [2.05, 4.69) is 10.2 Å². The number of nitrogens with two attached hydrogens (primary N) is 1. The van der Waals surface area contributed by atoms with E-state index >= 15 is 0 Å². The first-order valence-corrected chi connectivity index (χ1v) is 3.38. The van der Waals surface area contributed by atoms with Gasteiger partial charge in [0.05, 0.1) is 5.69 Å². The van der Waals surface area contributed by atoms with E-state index in [9.17, 15) is 8.78 Å². The van der Waals surface area contributed by atoms with Crippen molar-refractivity contribution in [1.82, 2.24) is 0 Å². The molecule has 1 aromatic carbocycles. The maximum atomic E-state index is 11.7. The third-order valence-corrected chi connectivity index (χ3v) is 1.34. The van der Waals surface area contributed by atoms with Crippen LogP contribution < -0.4 is 16.0 Å². The van der Waals surface area contributed by atoms with Crippen LogP contribution in [0.3, 0.4) is 0 Å². The second kappa shape index (κ2) is 3.90. The number of hydrazine groups is 1. The highest BCUT2D eigenvalue weighted by atomic mass is 19.3. The number of hydrogen-bond donors (Lipinski definition) is 3. The number of phenolic OH excluding ortho intramolecular Hbond substituents is 1. The van der Waals surface area contributed by atoms with E-state index in [0.29, 0.717) is 5.69 Å². The molecule has 0 radical (unpaired) electrons. The first kappa shape index (κ1) is 9.53. The Morgan fingerprint density at radius 1 is 1.46 bits per heavy atom. The fourth-order valence-electron chi connectivity index (χ4n) is 0.803. The Morgan fingerprint density at radius 3 is 2.62 bits per heavy atom. The summed E-state index contributed by atoms with van der Waals surface area (Å²) in [6.45, 7) is -2.96. The number of nitrogens with one attached hydrogen (secondary N) is 1. The molecule has 0 aliphatic heterocycles. The van der Waals surface area contributed by atoms with Crippen LogP contribution in [0.25, 0.3) is 0 Å². The Balaban J connectivity index is 2.85. The second-order valence-corrected chi connectivity index (χ2v) is 2.21. The van der Waals surface area contributed by atoms with E-state index in [4.69, 9.17) is 10.9 Å². The number of rotatable bonds is 3. The predicted octanol–water partition coefficient (Wildman–Crippen LogP) is 1.28. The van der Waals surface area contributed by atoms with Crippen molar-refractivity contribution in [2.45, 2.75) is 6.61 Å². The lowest BCUT2D eigenvalue weighted by molar-refractivity contribution is -0.0512. The third-order valence-electron chi connectivity index (χ3n) is 1.34. The SMILES string of the molecule is NNc1ccc(OC(F)F)c(O)c1. The summed E-state index contributed by atoms with van der Waals surface area (Å²) in [5.74, 6) is 4.34. The molecule has 13 heavy (non-hydrogen) atoms. The Hall–Kier alpha value is -1.56. The monoisotopic (exact) mass is 190 g/mol. The highest BCUT2D eigenvalue weighted by molar-refractivity contribution is 5.53. The molecule has 0 saturated heterocycles. The standard InChI is InChI=1S/C7H8F2N2O2/c8-7(9)13-6-2-1-4(11-10)3-5(6)12/h1-3,7,11-12H,10H2. The van der Waals surface area contributed by atoms with E-state index in [1.54, 1.807) is 0 Å². The third kappa shape index (κ3) is 2.45. The molecule has 0 aromatic heterocycles. The minimum absolute atomic E-state index is 0.283. The van der Waals surface area contributed by atoms with Crippen LogP contribution in [0.4, 0.5) is 14.5 Å². The van der Waals surface area contributed by atoms with E-state index in [1.165, 1.54) is 18.2 Å². The maximum absolute atomic E-state index is 11.7. The van der Waals surface area contributed by atoms with Gasteiger partial charge >= 0.3 is 6.61 Å². The van der Waals surface area contributed by atoms with Gasteiger partial charge in [-0.25, -0.2) is 0 Å². The molecule has 0 amide bonds. The lowest BCUT2D eigenvalue weighted by atomic mass is 10.3. The molecule has 6 heteroatoms. The number of halogens is 2. The number of phenols is 1. The number of anilines is 1. The minimum atomic E-state index is -2.96. The van der Waals surface area contributed by atoms with Gasteiger partial charge in [0.1, 0.15) is 0 Å². The normalized spacial score (nSPS) is 10.2. The molecule has 0 heterocycles. The van der Waals surface area contributed by atoms with Gasteiger partial charge in [-0.1, -0.05) is 0 Å². The van der Waals surface area contributed by atoms with Crippen molar-refractivity contribution in [2.75, 3.05) is 5.43 Å². The predicted molar refractivity (Wildman–Crippen MR) is 42.5 cm³/mol. The molecule has 1 aromatic rings. The van der Waals surface area contributed by atoms with Crippen LogP contribution >= 0.6 is 0 Å². The van der Waals surface area contributed by atoms with Crippen LogP contribution in [0, 0.1) is 0 Å². The van der Waals surface area contributed by atoms with E-state index in [0.717, 1.165) is 0 Å². The molecule has 1 rings (SSSR count). The van der Waals surface area contributed by atoms with Crippen molar-refractivity contribution in [1.29, 1.82) is 0 Å². The van der Waals surface area contributed by atoms with E-state index in [1.807, 2.05) is 0 Å². The number of hydrogen-bond acceptors (Lipinski definition) is 4. The van der Waals surface area contributed by atoms with Crippen LogP contribution in [0.2, 0.25) is 0 Å². The quantitative estimate of drug-likeness (QED) is 0.496. The highest BCUT2D eigenvalue weighted by Gasteiger charge is 2.08. The summed E-state index contributed by atoms with van der Waals surface area (Å²) in [5.41, 5.74) is 2.65. The van der Waals surface area contributed by atoms with Crippen molar-refractivity contribution in [3.05, 3.63) is 18.2 Å². The van der Waals surface area contributed by atoms with Crippen LogP contribution in [-0.2, 0) is 0 Å². The lowest BCUT2D eigenvalue weighted by Gasteiger charge is -2.07. The zero-order valence-electron chi connectivity index (χ0n) is 6.50. The molecular formula is C7H8F2N2O2. The first-order chi connectivity index (χ1) is 6.13. The van der Waals surface area contributed by atoms with E-state index < -0.39 is 12.4 Å². The average Bonchev–Trinajstić information content (AvgIpc) is 2.08. The van der Waals surface area contributed by atoms with E-state index in [-0.39, 0.29) is 5.75 Å². The summed E-state index contributed by atoms with van der Waals surface area (Å²) in [7, 11) is 0. The lowest BCUT2D eigenvalue weighted by Crippen LogP contribution is -2.07. The zero-order valence-corrected chi connectivity index (χ0v) is 6.50. The largest absolute Gasteiger partial charge is 0.504 e. The summed E-state index contributed by atoms with van der Waals surface area (Å²) in [6, 6.07) is 3.77. The van der Waals surface area contributed by atoms with Gasteiger partial charge in [0, 0.05) is 6.07 Å². The molecule has 0 bridgehead atoms. The fourth-order valence-corrected chi connectivity index (χ4v) is 0.803. The molecule has 0 saturated carbocycles. The minimum Gasteiger partial charge on any atom is -0.504 e. The number of benzene rings is 1. The zero-order chi connectivity index (χ0) is 9.84. The van der Waals surface area contributed by atoms with Crippen LogP contribution in [0.1, 0.15) is 0 Å². The summed E-state index contributed by atoms with van der Waals surface area (Å²) in [4.78, 5) is 0. The van der Waals surface area contributed by atoms with Gasteiger partial charge in [0.2, 0.25) is 0 Å². The van der Waals surface area contributed by atoms with Crippen molar-refractivity contribution < 1.29 is 18.6 Å². The van der Waals surface area contributed by atoms with Crippen LogP contribution in [0.15, 0.2) is 18.2 Å². The van der Waals surface area contributed by atoms with Gasteiger partial charge in [-0.05, 0) is 12.1 Å². The molecule has 4 N–H and O–H groups in total.